The zero-order valence-corrected chi connectivity index (χ0v) is 11.1. The van der Waals surface area contributed by atoms with Crippen molar-refractivity contribution >= 4 is 9.84 Å². The van der Waals surface area contributed by atoms with E-state index in [1.54, 1.807) is 14.0 Å². The fraction of sp³-hybridized carbons (Fsp3) is 0.700. The first-order valence-corrected chi connectivity index (χ1v) is 7.23. The summed E-state index contributed by atoms with van der Waals surface area (Å²) >= 11 is 0. The second kappa shape index (κ2) is 6.13. The van der Waals surface area contributed by atoms with Gasteiger partial charge >= 0.3 is 0 Å². The smallest absolute Gasteiger partial charge is 0.181 e. The van der Waals surface area contributed by atoms with E-state index in [4.69, 9.17) is 9.15 Å². The van der Waals surface area contributed by atoms with Gasteiger partial charge in [-0.25, -0.2) is 13.4 Å². The van der Waals surface area contributed by atoms with Gasteiger partial charge in [-0.3, -0.25) is 0 Å². The predicted molar refractivity (Wildman–Crippen MR) is 63.3 cm³/mol. The summed E-state index contributed by atoms with van der Waals surface area (Å²) in [7, 11) is -1.55. The lowest BCUT2D eigenvalue weighted by Gasteiger charge is -2.08. The van der Waals surface area contributed by atoms with Crippen LogP contribution in [0.2, 0.25) is 0 Å². The van der Waals surface area contributed by atoms with Gasteiger partial charge in [-0.05, 0) is 6.92 Å². The molecule has 1 aromatic rings. The molecule has 1 heterocycles. The number of hydrogen-bond donors (Lipinski definition) is 1. The van der Waals surface area contributed by atoms with E-state index in [9.17, 15) is 8.42 Å². The molecule has 0 fully saturated rings. The van der Waals surface area contributed by atoms with Gasteiger partial charge in [-0.15, -0.1) is 0 Å². The number of nitrogens with one attached hydrogen (secondary N) is 1. The number of sulfone groups is 1. The first-order chi connectivity index (χ1) is 7.96. The third kappa shape index (κ3) is 4.10. The van der Waals surface area contributed by atoms with Gasteiger partial charge in [0.25, 0.3) is 0 Å². The van der Waals surface area contributed by atoms with Crippen LogP contribution in [0.4, 0.5) is 0 Å². The predicted octanol–water partition coefficient (Wildman–Crippen LogP) is 0.516. The number of hydrogen-bond acceptors (Lipinski definition) is 6. The van der Waals surface area contributed by atoms with Crippen LogP contribution in [0.25, 0.3) is 0 Å². The van der Waals surface area contributed by atoms with Crippen molar-refractivity contribution in [1.82, 2.24) is 10.3 Å². The van der Waals surface area contributed by atoms with Crippen molar-refractivity contribution in [3.8, 4) is 0 Å². The van der Waals surface area contributed by atoms with E-state index in [2.05, 4.69) is 10.3 Å². The highest BCUT2D eigenvalue weighted by molar-refractivity contribution is 7.90. The standard InChI is InChI=1S/C10H18N2O4S/c1-8(17(3,13)14)10-9(12-7-16-10)6-11-4-5-15-2/h7-8,11H,4-6H2,1-3H3. The van der Waals surface area contributed by atoms with Gasteiger partial charge in [-0.1, -0.05) is 0 Å². The van der Waals surface area contributed by atoms with Crippen LogP contribution in [-0.2, 0) is 21.1 Å². The number of ether oxygens (including phenoxy) is 1. The van der Waals surface area contributed by atoms with Crippen molar-refractivity contribution < 1.29 is 17.6 Å². The third-order valence-corrected chi connectivity index (χ3v) is 3.96. The highest BCUT2D eigenvalue weighted by Crippen LogP contribution is 2.23. The Balaban J connectivity index is 2.66. The second-order valence-electron chi connectivity index (χ2n) is 3.80. The molecule has 1 atom stereocenters. The summed E-state index contributed by atoms with van der Waals surface area (Å²) in [5, 5.41) is 2.42. The van der Waals surface area contributed by atoms with Gasteiger partial charge in [0.05, 0.1) is 12.3 Å². The van der Waals surface area contributed by atoms with Crippen molar-refractivity contribution in [3.05, 3.63) is 17.8 Å². The van der Waals surface area contributed by atoms with Crippen LogP contribution in [0.3, 0.4) is 0 Å². The number of methoxy groups -OCH3 is 1. The summed E-state index contributed by atoms with van der Waals surface area (Å²) < 4.78 is 32.9. The molecule has 0 amide bonds. The minimum atomic E-state index is -3.17. The Morgan fingerprint density at radius 2 is 2.29 bits per heavy atom. The normalized spacial score (nSPS) is 13.8. The third-order valence-electron chi connectivity index (χ3n) is 2.46. The topological polar surface area (TPSA) is 81.4 Å². The van der Waals surface area contributed by atoms with E-state index in [1.807, 2.05) is 0 Å². The Hall–Kier alpha value is -0.920. The van der Waals surface area contributed by atoms with Crippen LogP contribution in [0.15, 0.2) is 10.8 Å². The molecule has 7 heteroatoms. The molecule has 0 saturated carbocycles. The van der Waals surface area contributed by atoms with Gasteiger partial charge in [0.2, 0.25) is 0 Å². The average molecular weight is 262 g/mol. The quantitative estimate of drug-likeness (QED) is 0.721. The summed E-state index contributed by atoms with van der Waals surface area (Å²) in [4.78, 5) is 4.01. The molecule has 1 N–H and O–H groups in total. The molecule has 1 unspecified atom stereocenters. The van der Waals surface area contributed by atoms with E-state index < -0.39 is 15.1 Å². The van der Waals surface area contributed by atoms with Gasteiger partial charge in [0.15, 0.2) is 16.2 Å². The highest BCUT2D eigenvalue weighted by atomic mass is 32.2. The first kappa shape index (κ1) is 14.1. The Morgan fingerprint density at radius 3 is 2.88 bits per heavy atom. The molecular formula is C10H18N2O4S. The lowest BCUT2D eigenvalue weighted by molar-refractivity contribution is 0.199. The molecule has 0 saturated heterocycles. The molecule has 0 aromatic carbocycles. The molecule has 0 bridgehead atoms. The summed E-state index contributed by atoms with van der Waals surface area (Å²) in [6, 6.07) is 0. The lowest BCUT2D eigenvalue weighted by Crippen LogP contribution is -2.20. The summed E-state index contributed by atoms with van der Waals surface area (Å²) in [5.74, 6) is 0.400. The van der Waals surface area contributed by atoms with Crippen molar-refractivity contribution in [3.63, 3.8) is 0 Å². The SMILES string of the molecule is COCCNCc1ncoc1C(C)S(C)(=O)=O. The monoisotopic (exact) mass is 262 g/mol. The fourth-order valence-electron chi connectivity index (χ4n) is 1.32. The molecule has 0 aliphatic carbocycles. The fourth-order valence-corrected chi connectivity index (χ4v) is 1.90. The van der Waals surface area contributed by atoms with E-state index in [-0.39, 0.29) is 0 Å². The maximum absolute atomic E-state index is 11.4. The molecule has 6 nitrogen and oxygen atoms in total. The second-order valence-corrected chi connectivity index (χ2v) is 6.17. The maximum Gasteiger partial charge on any atom is 0.181 e. The van der Waals surface area contributed by atoms with E-state index in [0.717, 1.165) is 0 Å². The van der Waals surface area contributed by atoms with Crippen LogP contribution in [0.1, 0.15) is 23.6 Å². The summed E-state index contributed by atoms with van der Waals surface area (Å²) in [6.07, 6.45) is 2.45. The molecular weight excluding hydrogens is 244 g/mol. The molecule has 98 valence electrons. The van der Waals surface area contributed by atoms with Gasteiger partial charge < -0.3 is 14.5 Å². The first-order valence-electron chi connectivity index (χ1n) is 5.27. The van der Waals surface area contributed by atoms with Crippen LogP contribution < -0.4 is 5.32 Å². The number of rotatable bonds is 7. The number of aromatic nitrogens is 1. The Kier molecular flexibility index (Phi) is 5.10. The van der Waals surface area contributed by atoms with E-state index >= 15 is 0 Å². The molecule has 0 aliphatic rings. The zero-order chi connectivity index (χ0) is 12.9. The van der Waals surface area contributed by atoms with E-state index in [0.29, 0.717) is 31.2 Å². The van der Waals surface area contributed by atoms with Crippen molar-refractivity contribution in [1.29, 1.82) is 0 Å². The van der Waals surface area contributed by atoms with Gasteiger partial charge in [0, 0.05) is 26.5 Å². The molecule has 1 aromatic heterocycles. The van der Waals surface area contributed by atoms with E-state index in [1.165, 1.54) is 12.6 Å². The van der Waals surface area contributed by atoms with Crippen LogP contribution in [-0.4, -0.2) is 39.9 Å². The maximum atomic E-state index is 11.4. The summed E-state index contributed by atoms with van der Waals surface area (Å²) in [5.41, 5.74) is 0.624. The average Bonchev–Trinajstić information content (AvgIpc) is 2.70. The van der Waals surface area contributed by atoms with Crippen LogP contribution in [0.5, 0.6) is 0 Å². The molecule has 0 spiro atoms. The summed E-state index contributed by atoms with van der Waals surface area (Å²) in [6.45, 7) is 3.33. The Labute approximate surface area is 101 Å². The minimum Gasteiger partial charge on any atom is -0.447 e. The van der Waals surface area contributed by atoms with Crippen molar-refractivity contribution in [2.75, 3.05) is 26.5 Å². The van der Waals surface area contributed by atoms with Crippen LogP contribution in [0, 0.1) is 0 Å². The highest BCUT2D eigenvalue weighted by Gasteiger charge is 2.24. The molecule has 1 rings (SSSR count). The van der Waals surface area contributed by atoms with Gasteiger partial charge in [-0.2, -0.15) is 0 Å². The molecule has 0 radical (unpaired) electrons. The molecule has 17 heavy (non-hydrogen) atoms. The zero-order valence-electron chi connectivity index (χ0n) is 10.3. The minimum absolute atomic E-state index is 0.400. The van der Waals surface area contributed by atoms with Crippen molar-refractivity contribution in [2.45, 2.75) is 18.7 Å². The Morgan fingerprint density at radius 1 is 1.59 bits per heavy atom. The van der Waals surface area contributed by atoms with Crippen LogP contribution >= 0.6 is 0 Å². The Bertz CT molecular complexity index is 441. The number of nitrogens with zero attached hydrogens (tertiary/aromatic N) is 1. The lowest BCUT2D eigenvalue weighted by atomic mass is 10.3. The van der Waals surface area contributed by atoms with Crippen molar-refractivity contribution in [2.24, 2.45) is 0 Å². The molecule has 0 aliphatic heterocycles. The number of oxazole rings is 1. The largest absolute Gasteiger partial charge is 0.447 e. The van der Waals surface area contributed by atoms with Gasteiger partial charge in [0.1, 0.15) is 11.0 Å².